The maximum absolute atomic E-state index is 13.5. The number of hydrogen-bond donors (Lipinski definition) is 0. The third-order valence-corrected chi connectivity index (χ3v) is 9.33. The van der Waals surface area contributed by atoms with Gasteiger partial charge in [0.25, 0.3) is 5.91 Å². The molecule has 1 aromatic heterocycles. The van der Waals surface area contributed by atoms with Crippen molar-refractivity contribution in [1.29, 1.82) is 0 Å². The van der Waals surface area contributed by atoms with Crippen LogP contribution in [0, 0.1) is 0 Å². The average Bonchev–Trinajstić information content (AvgIpc) is 3.46. The van der Waals surface area contributed by atoms with Crippen molar-refractivity contribution >= 4 is 50.3 Å². The van der Waals surface area contributed by atoms with Crippen LogP contribution in [0.15, 0.2) is 70.6 Å². The highest BCUT2D eigenvalue weighted by atomic mass is 32.2. The number of aromatic nitrogens is 2. The fourth-order valence-electron chi connectivity index (χ4n) is 4.29. The summed E-state index contributed by atoms with van der Waals surface area (Å²) in [5, 5.41) is 4.83. The summed E-state index contributed by atoms with van der Waals surface area (Å²) in [7, 11) is -3.66. The highest BCUT2D eigenvalue weighted by molar-refractivity contribution is 8.26. The van der Waals surface area contributed by atoms with Gasteiger partial charge in [0.05, 0.1) is 15.5 Å². The minimum absolute atomic E-state index is 0.119. The van der Waals surface area contributed by atoms with E-state index in [0.29, 0.717) is 45.7 Å². The largest absolute Gasteiger partial charge is 0.293 e. The van der Waals surface area contributed by atoms with Gasteiger partial charge in [-0.05, 0) is 49.6 Å². The third-order valence-electron chi connectivity index (χ3n) is 6.06. The monoisotopic (exact) mass is 568 g/mol. The Hall–Kier alpha value is -2.79. The molecule has 1 aliphatic rings. The predicted molar refractivity (Wildman–Crippen MR) is 159 cm³/mol. The van der Waals surface area contributed by atoms with E-state index in [1.807, 2.05) is 63.4 Å². The van der Waals surface area contributed by atoms with Crippen LogP contribution in [-0.2, 0) is 14.8 Å². The number of hydrogen-bond acceptors (Lipinski definition) is 6. The first-order chi connectivity index (χ1) is 18.3. The summed E-state index contributed by atoms with van der Waals surface area (Å²) in [5.41, 5.74) is 2.81. The summed E-state index contributed by atoms with van der Waals surface area (Å²) in [6.45, 7) is 7.46. The van der Waals surface area contributed by atoms with Crippen LogP contribution in [-0.4, -0.2) is 57.3 Å². The van der Waals surface area contributed by atoms with E-state index >= 15 is 0 Å². The topological polar surface area (TPSA) is 75.5 Å². The van der Waals surface area contributed by atoms with E-state index in [9.17, 15) is 13.2 Å². The number of sulfonamides is 1. The molecule has 4 rings (SSSR count). The number of amides is 1. The van der Waals surface area contributed by atoms with E-state index < -0.39 is 10.0 Å². The first-order valence-electron chi connectivity index (χ1n) is 12.8. The summed E-state index contributed by atoms with van der Waals surface area (Å²) in [5.74, 6) is -0.119. The Bertz CT molecular complexity index is 1440. The van der Waals surface area contributed by atoms with Crippen LogP contribution >= 0.6 is 24.0 Å². The van der Waals surface area contributed by atoms with Gasteiger partial charge < -0.3 is 0 Å². The van der Waals surface area contributed by atoms with Crippen molar-refractivity contribution in [1.82, 2.24) is 19.0 Å². The molecule has 1 aliphatic heterocycles. The molecular formula is C28H32N4O3S3. The van der Waals surface area contributed by atoms with Crippen molar-refractivity contribution in [3.8, 4) is 16.9 Å². The number of rotatable bonds is 11. The van der Waals surface area contributed by atoms with Crippen molar-refractivity contribution in [3.05, 3.63) is 71.3 Å². The molecule has 0 unspecified atom stereocenters. The molecule has 10 heteroatoms. The number of carbonyl (C=O) groups is 1. The van der Waals surface area contributed by atoms with Crippen LogP contribution in [0.3, 0.4) is 0 Å². The molecule has 3 aromatic rings. The molecule has 0 spiro atoms. The molecule has 1 amide bonds. The number of carbonyl (C=O) groups excluding carboxylic acids is 1. The number of para-hydroxylation sites is 1. The van der Waals surface area contributed by atoms with E-state index in [2.05, 4.69) is 0 Å². The minimum Gasteiger partial charge on any atom is -0.293 e. The van der Waals surface area contributed by atoms with E-state index in [0.717, 1.165) is 24.9 Å². The molecule has 200 valence electrons. The molecule has 0 saturated carbocycles. The number of thioether (sulfide) groups is 1. The summed E-state index contributed by atoms with van der Waals surface area (Å²) >= 11 is 6.72. The van der Waals surface area contributed by atoms with E-state index in [-0.39, 0.29) is 10.8 Å². The molecule has 0 N–H and O–H groups in total. The van der Waals surface area contributed by atoms with Crippen LogP contribution in [0.5, 0.6) is 0 Å². The van der Waals surface area contributed by atoms with Crippen LogP contribution in [0.2, 0.25) is 0 Å². The minimum atomic E-state index is -3.66. The highest BCUT2D eigenvalue weighted by Gasteiger charge is 2.32. The van der Waals surface area contributed by atoms with E-state index in [1.54, 1.807) is 33.9 Å². The molecule has 0 aliphatic carbocycles. The van der Waals surface area contributed by atoms with Crippen molar-refractivity contribution < 1.29 is 13.2 Å². The van der Waals surface area contributed by atoms with Gasteiger partial charge in [-0.25, -0.2) is 13.1 Å². The number of thiocarbonyl (C=S) groups is 1. The van der Waals surface area contributed by atoms with Gasteiger partial charge in [0, 0.05) is 37.0 Å². The third kappa shape index (κ3) is 5.93. The highest BCUT2D eigenvalue weighted by Crippen LogP contribution is 2.35. The maximum Gasteiger partial charge on any atom is 0.266 e. The molecule has 2 heterocycles. The SMILES string of the molecule is CCCN1C(=O)C(=Cc2cn(-c3ccccc3)nc2-c2cccc(S(=O)(=O)N(CCC)CCC)c2)SC1=S. The van der Waals surface area contributed by atoms with E-state index in [1.165, 1.54) is 16.1 Å². The Labute approximate surface area is 234 Å². The first kappa shape index (κ1) is 28.2. The van der Waals surface area contributed by atoms with Crippen molar-refractivity contribution in [2.45, 2.75) is 44.9 Å². The Morgan fingerprint density at radius 2 is 1.71 bits per heavy atom. The number of benzene rings is 2. The van der Waals surface area contributed by atoms with Crippen LogP contribution in [0.25, 0.3) is 23.0 Å². The predicted octanol–water partition coefficient (Wildman–Crippen LogP) is 5.96. The molecule has 1 saturated heterocycles. The lowest BCUT2D eigenvalue weighted by Gasteiger charge is -2.21. The van der Waals surface area contributed by atoms with Gasteiger partial charge >= 0.3 is 0 Å². The van der Waals surface area contributed by atoms with E-state index in [4.69, 9.17) is 17.3 Å². The van der Waals surface area contributed by atoms with Crippen LogP contribution in [0.1, 0.15) is 45.6 Å². The van der Waals surface area contributed by atoms with Crippen LogP contribution in [0.4, 0.5) is 0 Å². The Kier molecular flexibility index (Phi) is 9.19. The molecule has 1 fully saturated rings. The van der Waals surface area contributed by atoms with Gasteiger partial charge in [-0.15, -0.1) is 0 Å². The Morgan fingerprint density at radius 3 is 2.37 bits per heavy atom. The lowest BCUT2D eigenvalue weighted by atomic mass is 10.1. The van der Waals surface area contributed by atoms with Gasteiger partial charge in [-0.3, -0.25) is 9.69 Å². The maximum atomic E-state index is 13.5. The molecule has 7 nitrogen and oxygen atoms in total. The second-order valence-electron chi connectivity index (χ2n) is 8.98. The summed E-state index contributed by atoms with van der Waals surface area (Å²) in [6, 6.07) is 16.5. The molecule has 0 bridgehead atoms. The summed E-state index contributed by atoms with van der Waals surface area (Å²) < 4.78 is 30.8. The second kappa shape index (κ2) is 12.4. The smallest absolute Gasteiger partial charge is 0.266 e. The lowest BCUT2D eigenvalue weighted by molar-refractivity contribution is -0.122. The summed E-state index contributed by atoms with van der Waals surface area (Å²) in [4.78, 5) is 15.4. The zero-order valence-electron chi connectivity index (χ0n) is 21.8. The second-order valence-corrected chi connectivity index (χ2v) is 12.6. The average molecular weight is 569 g/mol. The standard InChI is InChI=1S/C28H32N4O3S3/c1-4-15-30(16-5-2)38(34,35)24-14-10-11-21(18-24)26-22(20-32(29-26)23-12-8-7-9-13-23)19-25-27(33)31(17-6-3)28(36)37-25/h7-14,18-20H,4-6,15-17H2,1-3H3. The zero-order chi connectivity index (χ0) is 27.3. The van der Waals surface area contributed by atoms with Gasteiger partial charge in [-0.2, -0.15) is 9.40 Å². The fraction of sp³-hybridized carbons (Fsp3) is 0.321. The molecule has 0 radical (unpaired) electrons. The molecular weight excluding hydrogens is 537 g/mol. The Balaban J connectivity index is 1.81. The molecule has 0 atom stereocenters. The van der Waals surface area contributed by atoms with Crippen molar-refractivity contribution in [2.24, 2.45) is 0 Å². The van der Waals surface area contributed by atoms with Gasteiger partial charge in [0.1, 0.15) is 10.0 Å². The van der Waals surface area contributed by atoms with Gasteiger partial charge in [-0.1, -0.05) is 75.1 Å². The number of nitrogens with zero attached hydrogens (tertiary/aromatic N) is 4. The molecule has 38 heavy (non-hydrogen) atoms. The van der Waals surface area contributed by atoms with Crippen LogP contribution < -0.4 is 0 Å². The van der Waals surface area contributed by atoms with Gasteiger partial charge in [0.15, 0.2) is 0 Å². The quantitative estimate of drug-likeness (QED) is 0.210. The summed E-state index contributed by atoms with van der Waals surface area (Å²) in [6.07, 6.45) is 5.95. The fourth-order valence-corrected chi connectivity index (χ4v) is 7.26. The first-order valence-corrected chi connectivity index (χ1v) is 15.5. The Morgan fingerprint density at radius 1 is 1.00 bits per heavy atom. The van der Waals surface area contributed by atoms with Crippen molar-refractivity contribution in [3.63, 3.8) is 0 Å². The lowest BCUT2D eigenvalue weighted by Crippen LogP contribution is -2.32. The van der Waals surface area contributed by atoms with Crippen molar-refractivity contribution in [2.75, 3.05) is 19.6 Å². The molecule has 2 aromatic carbocycles. The zero-order valence-corrected chi connectivity index (χ0v) is 24.3. The normalized spacial score (nSPS) is 15.3. The van der Waals surface area contributed by atoms with Gasteiger partial charge in [0.2, 0.25) is 10.0 Å².